The molecule has 0 saturated carbocycles. The molecule has 2 amide bonds. The number of hydrogen-bond donors (Lipinski definition) is 2. The summed E-state index contributed by atoms with van der Waals surface area (Å²) in [6.45, 7) is 8.73. The summed E-state index contributed by atoms with van der Waals surface area (Å²) >= 11 is 0. The molecule has 0 fully saturated rings. The number of aryl methyl sites for hydroxylation is 2. The monoisotopic (exact) mass is 492 g/mol. The van der Waals surface area contributed by atoms with Crippen molar-refractivity contribution in [2.24, 2.45) is 0 Å². The molecule has 11 heteroatoms. The van der Waals surface area contributed by atoms with E-state index in [-0.39, 0.29) is 23.9 Å². The lowest BCUT2D eigenvalue weighted by Crippen LogP contribution is -2.50. The quantitative estimate of drug-likeness (QED) is 0.399. The van der Waals surface area contributed by atoms with Gasteiger partial charge in [0.25, 0.3) is 11.8 Å². The van der Waals surface area contributed by atoms with Crippen molar-refractivity contribution in [1.29, 1.82) is 0 Å². The molecule has 3 heterocycles. The number of furan rings is 2. The fraction of sp³-hybridized carbons (Fsp3) is 0.320. The Morgan fingerprint density at radius 1 is 1.08 bits per heavy atom. The summed E-state index contributed by atoms with van der Waals surface area (Å²) in [6.07, 6.45) is 0. The summed E-state index contributed by atoms with van der Waals surface area (Å²) in [5.41, 5.74) is -0.279. The highest BCUT2D eigenvalue weighted by Gasteiger charge is 2.37. The van der Waals surface area contributed by atoms with E-state index in [0.29, 0.717) is 23.0 Å². The zero-order chi connectivity index (χ0) is 26.0. The summed E-state index contributed by atoms with van der Waals surface area (Å²) in [5.74, 6) is 1.14. The zero-order valence-electron chi connectivity index (χ0n) is 20.7. The molecule has 0 unspecified atom stereocenters. The van der Waals surface area contributed by atoms with Gasteiger partial charge < -0.3 is 19.3 Å². The first-order valence-corrected chi connectivity index (χ1v) is 11.3. The maximum absolute atomic E-state index is 13.7. The highest BCUT2D eigenvalue weighted by Crippen LogP contribution is 2.32. The van der Waals surface area contributed by atoms with E-state index in [9.17, 15) is 14.7 Å². The van der Waals surface area contributed by atoms with Crippen molar-refractivity contribution >= 4 is 17.5 Å². The molecule has 4 rings (SSSR count). The van der Waals surface area contributed by atoms with Crippen LogP contribution < -0.4 is 10.2 Å². The van der Waals surface area contributed by atoms with Crippen LogP contribution in [0.25, 0.3) is 11.6 Å². The first-order chi connectivity index (χ1) is 17.0. The molecule has 36 heavy (non-hydrogen) atoms. The fourth-order valence-electron chi connectivity index (χ4n) is 3.65. The lowest BCUT2D eigenvalue weighted by Gasteiger charge is -2.32. The van der Waals surface area contributed by atoms with Crippen LogP contribution >= 0.6 is 0 Å². The molecule has 0 spiro atoms. The van der Waals surface area contributed by atoms with Crippen LogP contribution in [0.4, 0.5) is 5.69 Å². The van der Waals surface area contributed by atoms with Crippen molar-refractivity contribution in [1.82, 2.24) is 25.5 Å². The minimum absolute atomic E-state index is 0.0646. The molecule has 0 aliphatic rings. The Kier molecular flexibility index (Phi) is 6.65. The van der Waals surface area contributed by atoms with E-state index < -0.39 is 23.4 Å². The van der Waals surface area contributed by atoms with Crippen LogP contribution in [0, 0.1) is 13.8 Å². The number of anilines is 1. The molecule has 0 aliphatic heterocycles. The van der Waals surface area contributed by atoms with Gasteiger partial charge in [0.05, 0.1) is 0 Å². The Labute approximate surface area is 207 Å². The average molecular weight is 493 g/mol. The summed E-state index contributed by atoms with van der Waals surface area (Å²) in [4.78, 5) is 29.6. The number of nitrogens with one attached hydrogen (secondary N) is 1. The lowest BCUT2D eigenvalue weighted by atomic mass is 10.1. The van der Waals surface area contributed by atoms with Crippen molar-refractivity contribution < 1.29 is 23.5 Å². The third-order valence-electron chi connectivity index (χ3n) is 5.10. The number of nitrogens with zero attached hydrogens (tertiary/aromatic N) is 5. The van der Waals surface area contributed by atoms with Gasteiger partial charge in [-0.2, -0.15) is 4.80 Å². The van der Waals surface area contributed by atoms with Gasteiger partial charge in [0, 0.05) is 17.3 Å². The number of hydrogen-bond acceptors (Lipinski definition) is 8. The van der Waals surface area contributed by atoms with Gasteiger partial charge in [-0.25, -0.2) is 0 Å². The molecule has 3 aromatic heterocycles. The topological polar surface area (TPSA) is 140 Å². The average Bonchev–Trinajstić information content (AvgIpc) is 3.52. The minimum Gasteiger partial charge on any atom is -0.508 e. The molecule has 0 radical (unpaired) electrons. The normalized spacial score (nSPS) is 12.4. The Hall–Kier alpha value is -4.41. The van der Waals surface area contributed by atoms with Crippen molar-refractivity contribution in [2.45, 2.75) is 52.7 Å². The van der Waals surface area contributed by atoms with E-state index in [1.165, 1.54) is 17.0 Å². The van der Waals surface area contributed by atoms with Crippen LogP contribution in [0.2, 0.25) is 0 Å². The van der Waals surface area contributed by atoms with E-state index in [4.69, 9.17) is 8.83 Å². The molecule has 0 aliphatic carbocycles. The maximum Gasteiger partial charge on any atom is 0.251 e. The maximum atomic E-state index is 13.7. The van der Waals surface area contributed by atoms with Gasteiger partial charge in [-0.3, -0.25) is 14.5 Å². The van der Waals surface area contributed by atoms with Crippen LogP contribution in [0.15, 0.2) is 57.4 Å². The minimum atomic E-state index is -1.16. The van der Waals surface area contributed by atoms with E-state index in [1.54, 1.807) is 50.2 Å². The third kappa shape index (κ3) is 5.62. The van der Waals surface area contributed by atoms with Crippen LogP contribution in [-0.4, -0.2) is 42.7 Å². The summed E-state index contributed by atoms with van der Waals surface area (Å²) in [6, 6.07) is 11.8. The summed E-state index contributed by atoms with van der Waals surface area (Å²) in [7, 11) is 0. The van der Waals surface area contributed by atoms with Crippen molar-refractivity contribution in [2.75, 3.05) is 4.90 Å². The molecule has 0 bridgehead atoms. The second kappa shape index (κ2) is 9.68. The molecule has 0 saturated heterocycles. The van der Waals surface area contributed by atoms with Gasteiger partial charge in [0.15, 0.2) is 11.8 Å². The number of rotatable bonds is 7. The van der Waals surface area contributed by atoms with Crippen LogP contribution in [0.3, 0.4) is 0 Å². The molecule has 1 atom stereocenters. The smallest absolute Gasteiger partial charge is 0.251 e. The van der Waals surface area contributed by atoms with Gasteiger partial charge in [0.1, 0.15) is 29.6 Å². The van der Waals surface area contributed by atoms with Crippen LogP contribution in [0.1, 0.15) is 44.1 Å². The largest absolute Gasteiger partial charge is 0.508 e. The summed E-state index contributed by atoms with van der Waals surface area (Å²) in [5, 5.41) is 25.2. The molecule has 11 nitrogen and oxygen atoms in total. The van der Waals surface area contributed by atoms with Gasteiger partial charge in [-0.1, -0.05) is 6.07 Å². The SMILES string of the molecule is Cc1ccc(-c2nnn(CC(=O)N(c3cccc(O)c3)[C@H](C(=O)NC(C)(C)C)c3ccc(C)o3)n2)o1. The Morgan fingerprint density at radius 3 is 2.42 bits per heavy atom. The number of carbonyl (C=O) groups excluding carboxylic acids is 2. The van der Waals surface area contributed by atoms with E-state index in [2.05, 4.69) is 20.7 Å². The third-order valence-corrected chi connectivity index (χ3v) is 5.10. The number of phenolic OH excluding ortho intramolecular Hbond substituents is 1. The van der Waals surface area contributed by atoms with Crippen LogP contribution in [-0.2, 0) is 16.1 Å². The molecular formula is C25H28N6O5. The molecule has 188 valence electrons. The van der Waals surface area contributed by atoms with Crippen molar-refractivity contribution in [3.63, 3.8) is 0 Å². The number of amides is 2. The van der Waals surface area contributed by atoms with Gasteiger partial charge in [0.2, 0.25) is 5.82 Å². The Balaban J connectivity index is 1.73. The highest BCUT2D eigenvalue weighted by atomic mass is 16.3. The standard InChI is InChI=1S/C25H28N6O5/c1-15-9-11-19(35-15)22(24(34)26-25(3,4)5)31(17-7-6-8-18(32)13-17)21(33)14-30-28-23(27-29-30)20-12-10-16(2)36-20/h6-13,22,32H,14H2,1-5H3,(H,26,34)/t22-/m0/s1. The van der Waals surface area contributed by atoms with Gasteiger partial charge in [-0.05, 0) is 76.2 Å². The number of benzene rings is 1. The molecular weight excluding hydrogens is 464 g/mol. The Morgan fingerprint density at radius 2 is 1.81 bits per heavy atom. The number of aromatic hydroxyl groups is 1. The number of phenols is 1. The first-order valence-electron chi connectivity index (χ1n) is 11.3. The van der Waals surface area contributed by atoms with Crippen LogP contribution in [0.5, 0.6) is 5.75 Å². The lowest BCUT2D eigenvalue weighted by molar-refractivity contribution is -0.128. The van der Waals surface area contributed by atoms with Crippen molar-refractivity contribution in [3.8, 4) is 17.3 Å². The van der Waals surface area contributed by atoms with Gasteiger partial charge >= 0.3 is 0 Å². The van der Waals surface area contributed by atoms with Gasteiger partial charge in [-0.15, -0.1) is 10.2 Å². The predicted octanol–water partition coefficient (Wildman–Crippen LogP) is 3.54. The van der Waals surface area contributed by atoms with E-state index >= 15 is 0 Å². The summed E-state index contributed by atoms with van der Waals surface area (Å²) < 4.78 is 11.3. The zero-order valence-corrected chi connectivity index (χ0v) is 20.7. The van der Waals surface area contributed by atoms with Crippen molar-refractivity contribution in [3.05, 3.63) is 65.8 Å². The predicted molar refractivity (Wildman–Crippen MR) is 130 cm³/mol. The number of tetrazole rings is 1. The van der Waals surface area contributed by atoms with E-state index in [1.807, 2.05) is 20.8 Å². The second-order valence-corrected chi connectivity index (χ2v) is 9.43. The second-order valence-electron chi connectivity index (χ2n) is 9.43. The molecule has 1 aromatic carbocycles. The first kappa shape index (κ1) is 24.7. The molecule has 4 aromatic rings. The highest BCUT2D eigenvalue weighted by molar-refractivity contribution is 6.01. The number of aromatic nitrogens is 4. The van der Waals surface area contributed by atoms with E-state index in [0.717, 1.165) is 4.80 Å². The number of carbonyl (C=O) groups is 2. The Bertz CT molecular complexity index is 1380. The molecule has 2 N–H and O–H groups in total. The fourth-order valence-corrected chi connectivity index (χ4v) is 3.65.